The molecule has 2 amide bonds. The van der Waals surface area contributed by atoms with Gasteiger partial charge in [-0.1, -0.05) is 0 Å². The van der Waals surface area contributed by atoms with Gasteiger partial charge in [-0.2, -0.15) is 0 Å². The zero-order chi connectivity index (χ0) is 19.6. The third-order valence-electron chi connectivity index (χ3n) is 5.88. The fourth-order valence-electron chi connectivity index (χ4n) is 4.24. The molecule has 1 saturated carbocycles. The predicted octanol–water partition coefficient (Wildman–Crippen LogP) is 2.11. The molecule has 27 heavy (non-hydrogen) atoms. The normalized spacial score (nSPS) is 30.0. The first-order valence-electron chi connectivity index (χ1n) is 9.94. The third-order valence-corrected chi connectivity index (χ3v) is 5.88. The summed E-state index contributed by atoms with van der Waals surface area (Å²) < 4.78 is 38.2. The van der Waals surface area contributed by atoms with E-state index in [1.54, 1.807) is 11.8 Å². The van der Waals surface area contributed by atoms with Gasteiger partial charge in [0.1, 0.15) is 6.04 Å². The molecule has 3 rings (SSSR count). The molecule has 0 aromatic carbocycles. The van der Waals surface area contributed by atoms with Crippen LogP contribution in [0.4, 0.5) is 8.78 Å². The standard InChI is InChI=1S/C19H30F2N2O4/c1-12(26-11-14-5-7-19(20,21)8-6-14)17(22-13(2)24)18(25)23-9-15-3-4-16(10-23)27-15/h12,14-17H,3-11H2,1-2H3,(H,22,24). The Bertz CT molecular complexity index is 538. The van der Waals surface area contributed by atoms with Crippen LogP contribution < -0.4 is 5.32 Å². The van der Waals surface area contributed by atoms with Gasteiger partial charge in [0.25, 0.3) is 0 Å². The third kappa shape index (κ3) is 5.38. The minimum absolute atomic E-state index is 0.0689. The highest BCUT2D eigenvalue weighted by Crippen LogP contribution is 2.36. The fourth-order valence-corrected chi connectivity index (χ4v) is 4.24. The average molecular weight is 388 g/mol. The molecule has 0 spiro atoms. The van der Waals surface area contributed by atoms with Crippen molar-refractivity contribution >= 4 is 11.8 Å². The Morgan fingerprint density at radius 3 is 2.33 bits per heavy atom. The van der Waals surface area contributed by atoms with Gasteiger partial charge in [-0.25, -0.2) is 8.78 Å². The van der Waals surface area contributed by atoms with Crippen LogP contribution in [-0.4, -0.2) is 66.7 Å². The number of carbonyl (C=O) groups excluding carboxylic acids is 2. The molecule has 1 N–H and O–H groups in total. The summed E-state index contributed by atoms with van der Waals surface area (Å²) in [5.74, 6) is -2.95. The Balaban J connectivity index is 1.55. The lowest BCUT2D eigenvalue weighted by Crippen LogP contribution is -2.57. The molecule has 1 aliphatic carbocycles. The quantitative estimate of drug-likeness (QED) is 0.757. The van der Waals surface area contributed by atoms with Crippen molar-refractivity contribution in [2.75, 3.05) is 19.7 Å². The Hall–Kier alpha value is -1.28. The number of likely N-dealkylation sites (tertiary alicyclic amines) is 1. The van der Waals surface area contributed by atoms with Crippen LogP contribution in [0.25, 0.3) is 0 Å². The number of nitrogens with zero attached hydrogens (tertiary/aromatic N) is 1. The maximum absolute atomic E-state index is 13.3. The maximum atomic E-state index is 13.3. The van der Waals surface area contributed by atoms with Gasteiger partial charge in [-0.3, -0.25) is 9.59 Å². The number of nitrogens with one attached hydrogen (secondary N) is 1. The minimum atomic E-state index is -2.56. The lowest BCUT2D eigenvalue weighted by molar-refractivity contribution is -0.148. The molecule has 0 aromatic rings. The van der Waals surface area contributed by atoms with Gasteiger partial charge in [0.15, 0.2) is 0 Å². The number of carbonyl (C=O) groups is 2. The number of halogens is 2. The van der Waals surface area contributed by atoms with E-state index in [1.807, 2.05) is 0 Å². The molecular formula is C19H30F2N2O4. The van der Waals surface area contributed by atoms with E-state index in [1.165, 1.54) is 6.92 Å². The number of amides is 2. The van der Waals surface area contributed by atoms with Gasteiger partial charge in [0.05, 0.1) is 18.3 Å². The van der Waals surface area contributed by atoms with E-state index in [2.05, 4.69) is 5.32 Å². The molecule has 4 atom stereocenters. The van der Waals surface area contributed by atoms with E-state index < -0.39 is 18.1 Å². The summed E-state index contributed by atoms with van der Waals surface area (Å²) in [5, 5.41) is 2.71. The second-order valence-corrected chi connectivity index (χ2v) is 8.22. The first-order valence-corrected chi connectivity index (χ1v) is 9.94. The van der Waals surface area contributed by atoms with E-state index in [-0.39, 0.29) is 42.8 Å². The highest BCUT2D eigenvalue weighted by Gasteiger charge is 2.40. The second kappa shape index (κ2) is 8.39. The molecule has 0 radical (unpaired) electrons. The largest absolute Gasteiger partial charge is 0.376 e. The van der Waals surface area contributed by atoms with Gasteiger partial charge >= 0.3 is 0 Å². The van der Waals surface area contributed by atoms with E-state index in [0.717, 1.165) is 12.8 Å². The molecule has 154 valence electrons. The minimum Gasteiger partial charge on any atom is -0.376 e. The molecule has 4 unspecified atom stereocenters. The summed E-state index contributed by atoms with van der Waals surface area (Å²) in [6.45, 7) is 4.53. The number of hydrogen-bond donors (Lipinski definition) is 1. The SMILES string of the molecule is CC(=O)NC(C(=O)N1CC2CCC(C1)O2)C(C)OCC1CCC(F)(F)CC1. The highest BCUT2D eigenvalue weighted by atomic mass is 19.3. The number of ether oxygens (including phenoxy) is 2. The summed E-state index contributed by atoms with van der Waals surface area (Å²) in [7, 11) is 0. The zero-order valence-electron chi connectivity index (χ0n) is 16.1. The number of fused-ring (bicyclic) bond motifs is 2. The topological polar surface area (TPSA) is 67.9 Å². The van der Waals surface area contributed by atoms with Crippen LogP contribution >= 0.6 is 0 Å². The summed E-state index contributed by atoms with van der Waals surface area (Å²) in [4.78, 5) is 26.4. The van der Waals surface area contributed by atoms with Crippen molar-refractivity contribution in [3.8, 4) is 0 Å². The van der Waals surface area contributed by atoms with Crippen molar-refractivity contribution in [3.05, 3.63) is 0 Å². The molecular weight excluding hydrogens is 358 g/mol. The van der Waals surface area contributed by atoms with Gasteiger partial charge < -0.3 is 19.7 Å². The molecule has 2 heterocycles. The van der Waals surface area contributed by atoms with E-state index in [4.69, 9.17) is 9.47 Å². The molecule has 2 bridgehead atoms. The molecule has 2 saturated heterocycles. The van der Waals surface area contributed by atoms with Gasteiger partial charge in [-0.05, 0) is 38.5 Å². The van der Waals surface area contributed by atoms with Crippen molar-refractivity contribution in [1.82, 2.24) is 10.2 Å². The molecule has 2 aliphatic heterocycles. The summed E-state index contributed by atoms with van der Waals surface area (Å²) in [6, 6.07) is -0.773. The van der Waals surface area contributed by atoms with Crippen LogP contribution in [0.2, 0.25) is 0 Å². The highest BCUT2D eigenvalue weighted by molar-refractivity contribution is 5.87. The number of morpholine rings is 1. The smallest absolute Gasteiger partial charge is 0.248 e. The predicted molar refractivity (Wildman–Crippen MR) is 94.4 cm³/mol. The number of alkyl halides is 2. The Morgan fingerprint density at radius 1 is 1.19 bits per heavy atom. The maximum Gasteiger partial charge on any atom is 0.248 e. The van der Waals surface area contributed by atoms with Gasteiger partial charge in [-0.15, -0.1) is 0 Å². The summed E-state index contributed by atoms with van der Waals surface area (Å²) in [6.07, 6.45) is 2.16. The first-order chi connectivity index (χ1) is 12.7. The lowest BCUT2D eigenvalue weighted by atomic mass is 9.87. The zero-order valence-corrected chi connectivity index (χ0v) is 16.1. The molecule has 3 fully saturated rings. The molecule has 8 heteroatoms. The van der Waals surface area contributed by atoms with Crippen molar-refractivity contribution in [1.29, 1.82) is 0 Å². The van der Waals surface area contributed by atoms with E-state index >= 15 is 0 Å². The number of hydrogen-bond acceptors (Lipinski definition) is 4. The van der Waals surface area contributed by atoms with Crippen molar-refractivity contribution in [2.24, 2.45) is 5.92 Å². The summed E-state index contributed by atoms with van der Waals surface area (Å²) in [5.41, 5.74) is 0. The average Bonchev–Trinajstić information content (AvgIpc) is 2.95. The first kappa shape index (κ1) is 20.5. The van der Waals surface area contributed by atoms with Crippen LogP contribution in [0.1, 0.15) is 52.4 Å². The van der Waals surface area contributed by atoms with Crippen LogP contribution in [0.5, 0.6) is 0 Å². The lowest BCUT2D eigenvalue weighted by Gasteiger charge is -2.36. The Morgan fingerprint density at radius 2 is 1.78 bits per heavy atom. The van der Waals surface area contributed by atoms with E-state index in [9.17, 15) is 18.4 Å². The van der Waals surface area contributed by atoms with Gasteiger partial charge in [0.2, 0.25) is 17.7 Å². The molecule has 0 aromatic heterocycles. The Labute approximate surface area is 158 Å². The molecule has 6 nitrogen and oxygen atoms in total. The van der Waals surface area contributed by atoms with E-state index in [0.29, 0.717) is 32.5 Å². The number of rotatable bonds is 6. The van der Waals surface area contributed by atoms with Crippen LogP contribution in [-0.2, 0) is 19.1 Å². The van der Waals surface area contributed by atoms with Crippen LogP contribution in [0.3, 0.4) is 0 Å². The van der Waals surface area contributed by atoms with Crippen LogP contribution in [0.15, 0.2) is 0 Å². The molecule has 3 aliphatic rings. The van der Waals surface area contributed by atoms with Crippen molar-refractivity contribution in [3.63, 3.8) is 0 Å². The Kier molecular flexibility index (Phi) is 6.35. The monoisotopic (exact) mass is 388 g/mol. The van der Waals surface area contributed by atoms with Crippen molar-refractivity contribution < 1.29 is 27.8 Å². The fraction of sp³-hybridized carbons (Fsp3) is 0.895. The summed E-state index contributed by atoms with van der Waals surface area (Å²) >= 11 is 0. The second-order valence-electron chi connectivity index (χ2n) is 8.22. The van der Waals surface area contributed by atoms with Gasteiger partial charge in [0, 0.05) is 39.5 Å². The van der Waals surface area contributed by atoms with Crippen molar-refractivity contribution in [2.45, 2.75) is 82.6 Å². The van der Waals surface area contributed by atoms with Crippen LogP contribution in [0, 0.1) is 5.92 Å².